The van der Waals surface area contributed by atoms with Crippen LogP contribution in [0, 0.1) is 23.7 Å². The fraction of sp³-hybridized carbons (Fsp3) is 0.750. The fourth-order valence-electron chi connectivity index (χ4n) is 2.98. The average molecular weight is 178 g/mol. The van der Waals surface area contributed by atoms with Crippen molar-refractivity contribution in [3.05, 3.63) is 12.2 Å². The van der Waals surface area contributed by atoms with Gasteiger partial charge in [0.15, 0.2) is 0 Å². The molecule has 0 heterocycles. The first-order valence-corrected chi connectivity index (χ1v) is 5.39. The maximum Gasteiger partial charge on any atom is 0.136 e. The topological polar surface area (TPSA) is 17.1 Å². The first-order valence-electron chi connectivity index (χ1n) is 5.39. The van der Waals surface area contributed by atoms with Gasteiger partial charge in [0.2, 0.25) is 0 Å². The second kappa shape index (κ2) is 3.28. The number of carbonyl (C=O) groups excluding carboxylic acids is 1. The molecule has 2 aliphatic rings. The lowest BCUT2D eigenvalue weighted by molar-refractivity contribution is -0.130. The van der Waals surface area contributed by atoms with Crippen LogP contribution in [0.2, 0.25) is 0 Å². The maximum absolute atomic E-state index is 11.8. The van der Waals surface area contributed by atoms with Gasteiger partial charge >= 0.3 is 0 Å². The molecule has 2 aliphatic carbocycles. The largest absolute Gasteiger partial charge is 0.299 e. The van der Waals surface area contributed by atoms with Crippen LogP contribution in [-0.2, 0) is 4.79 Å². The van der Waals surface area contributed by atoms with Crippen molar-refractivity contribution in [3.8, 4) is 0 Å². The van der Waals surface area contributed by atoms with Gasteiger partial charge < -0.3 is 0 Å². The van der Waals surface area contributed by atoms with Crippen molar-refractivity contribution in [2.45, 2.75) is 33.1 Å². The highest BCUT2D eigenvalue weighted by Gasteiger charge is 2.39. The molecule has 0 aromatic heterocycles. The van der Waals surface area contributed by atoms with E-state index in [0.717, 1.165) is 25.2 Å². The van der Waals surface area contributed by atoms with E-state index in [0.29, 0.717) is 23.5 Å². The molecule has 0 aromatic rings. The van der Waals surface area contributed by atoms with Gasteiger partial charge in [-0.05, 0) is 30.6 Å². The first kappa shape index (κ1) is 8.98. The molecule has 0 spiro atoms. The van der Waals surface area contributed by atoms with Gasteiger partial charge in [-0.1, -0.05) is 26.0 Å². The molecule has 0 N–H and O–H groups in total. The minimum atomic E-state index is 0.341. The summed E-state index contributed by atoms with van der Waals surface area (Å²) in [5.41, 5.74) is 0. The van der Waals surface area contributed by atoms with Crippen molar-refractivity contribution < 1.29 is 4.79 Å². The van der Waals surface area contributed by atoms with E-state index in [4.69, 9.17) is 0 Å². The lowest BCUT2D eigenvalue weighted by Gasteiger charge is -2.39. The number of carbonyl (C=O) groups is 1. The zero-order chi connectivity index (χ0) is 9.42. The van der Waals surface area contributed by atoms with E-state index in [2.05, 4.69) is 26.0 Å². The molecular weight excluding hydrogens is 160 g/mol. The van der Waals surface area contributed by atoms with Gasteiger partial charge in [0, 0.05) is 12.3 Å². The van der Waals surface area contributed by atoms with Crippen molar-refractivity contribution in [2.75, 3.05) is 0 Å². The third-order valence-corrected chi connectivity index (χ3v) is 3.82. The van der Waals surface area contributed by atoms with Crippen LogP contribution in [0.1, 0.15) is 33.1 Å². The van der Waals surface area contributed by atoms with E-state index in [9.17, 15) is 4.79 Å². The number of hydrogen-bond acceptors (Lipinski definition) is 1. The van der Waals surface area contributed by atoms with Crippen LogP contribution in [0.3, 0.4) is 0 Å². The van der Waals surface area contributed by atoms with Crippen LogP contribution < -0.4 is 0 Å². The van der Waals surface area contributed by atoms with E-state index in [1.54, 1.807) is 0 Å². The summed E-state index contributed by atoms with van der Waals surface area (Å²) in [5.74, 6) is 2.72. The minimum absolute atomic E-state index is 0.341. The molecule has 0 radical (unpaired) electrons. The van der Waals surface area contributed by atoms with Crippen molar-refractivity contribution >= 4 is 5.78 Å². The van der Waals surface area contributed by atoms with Crippen LogP contribution in [0.5, 0.6) is 0 Å². The molecule has 2 rings (SSSR count). The smallest absolute Gasteiger partial charge is 0.136 e. The highest BCUT2D eigenvalue weighted by molar-refractivity contribution is 5.82. The standard InChI is InChI=1S/C12H18O/c1-8-6-7-11(13)12-9(2)4-3-5-10(8)12/h3-4,8-10,12H,5-7H2,1-2H3. The zero-order valence-electron chi connectivity index (χ0n) is 8.49. The summed E-state index contributed by atoms with van der Waals surface area (Å²) in [7, 11) is 0. The normalized spacial score (nSPS) is 44.6. The van der Waals surface area contributed by atoms with Crippen LogP contribution in [0.4, 0.5) is 0 Å². The lowest BCUT2D eigenvalue weighted by Crippen LogP contribution is -2.38. The Labute approximate surface area is 80.2 Å². The van der Waals surface area contributed by atoms with Gasteiger partial charge in [-0.3, -0.25) is 4.79 Å². The summed E-state index contributed by atoms with van der Waals surface area (Å²) in [5, 5.41) is 0. The second-order valence-electron chi connectivity index (χ2n) is 4.69. The average Bonchev–Trinajstić information content (AvgIpc) is 2.12. The Bertz CT molecular complexity index is 242. The summed E-state index contributed by atoms with van der Waals surface area (Å²) in [6, 6.07) is 0. The molecule has 1 heteroatoms. The molecule has 4 atom stereocenters. The third-order valence-electron chi connectivity index (χ3n) is 3.82. The number of allylic oxidation sites excluding steroid dienone is 2. The van der Waals surface area contributed by atoms with Gasteiger partial charge in [-0.25, -0.2) is 0 Å². The van der Waals surface area contributed by atoms with Crippen LogP contribution in [0.25, 0.3) is 0 Å². The molecule has 72 valence electrons. The minimum Gasteiger partial charge on any atom is -0.299 e. The molecule has 1 nitrogen and oxygen atoms in total. The Morgan fingerprint density at radius 2 is 2.15 bits per heavy atom. The fourth-order valence-corrected chi connectivity index (χ4v) is 2.98. The predicted molar refractivity (Wildman–Crippen MR) is 53.3 cm³/mol. The van der Waals surface area contributed by atoms with Crippen molar-refractivity contribution in [3.63, 3.8) is 0 Å². The Kier molecular flexibility index (Phi) is 2.27. The second-order valence-corrected chi connectivity index (χ2v) is 4.69. The number of rotatable bonds is 0. The summed E-state index contributed by atoms with van der Waals surface area (Å²) in [6.07, 6.45) is 7.54. The van der Waals surface area contributed by atoms with Gasteiger partial charge in [-0.2, -0.15) is 0 Å². The Hall–Kier alpha value is -0.590. The summed E-state index contributed by atoms with van der Waals surface area (Å²) < 4.78 is 0. The molecule has 0 aromatic carbocycles. The van der Waals surface area contributed by atoms with E-state index < -0.39 is 0 Å². The van der Waals surface area contributed by atoms with Crippen molar-refractivity contribution in [1.29, 1.82) is 0 Å². The molecule has 0 amide bonds. The zero-order valence-corrected chi connectivity index (χ0v) is 8.49. The maximum atomic E-state index is 11.8. The number of ketones is 1. The highest BCUT2D eigenvalue weighted by Crippen LogP contribution is 2.41. The lowest BCUT2D eigenvalue weighted by atomic mass is 9.64. The molecule has 13 heavy (non-hydrogen) atoms. The van der Waals surface area contributed by atoms with E-state index in [1.165, 1.54) is 0 Å². The molecule has 0 bridgehead atoms. The monoisotopic (exact) mass is 178 g/mol. The molecule has 0 aliphatic heterocycles. The van der Waals surface area contributed by atoms with Crippen LogP contribution >= 0.6 is 0 Å². The van der Waals surface area contributed by atoms with Gasteiger partial charge in [0.05, 0.1) is 0 Å². The first-order chi connectivity index (χ1) is 6.20. The molecule has 0 saturated heterocycles. The summed E-state index contributed by atoms with van der Waals surface area (Å²) in [4.78, 5) is 11.8. The number of fused-ring (bicyclic) bond motifs is 1. The third kappa shape index (κ3) is 1.45. The van der Waals surface area contributed by atoms with E-state index in [1.807, 2.05) is 0 Å². The van der Waals surface area contributed by atoms with Crippen LogP contribution in [-0.4, -0.2) is 5.78 Å². The molecular formula is C12H18O. The van der Waals surface area contributed by atoms with Crippen molar-refractivity contribution in [2.24, 2.45) is 23.7 Å². The number of Topliss-reactive ketones (excluding diaryl/α,β-unsaturated/α-hetero) is 1. The molecule has 4 unspecified atom stereocenters. The highest BCUT2D eigenvalue weighted by atomic mass is 16.1. The van der Waals surface area contributed by atoms with Crippen LogP contribution in [0.15, 0.2) is 12.2 Å². The van der Waals surface area contributed by atoms with Gasteiger partial charge in [0.1, 0.15) is 5.78 Å². The quantitative estimate of drug-likeness (QED) is 0.521. The Balaban J connectivity index is 2.24. The predicted octanol–water partition coefficient (Wildman–Crippen LogP) is 2.81. The molecule has 1 saturated carbocycles. The Morgan fingerprint density at radius 1 is 1.38 bits per heavy atom. The number of hydrogen-bond donors (Lipinski definition) is 0. The van der Waals surface area contributed by atoms with E-state index in [-0.39, 0.29) is 0 Å². The van der Waals surface area contributed by atoms with Gasteiger partial charge in [0.25, 0.3) is 0 Å². The SMILES string of the molecule is CC1C=CCC2C(C)CCC(=O)C12. The van der Waals surface area contributed by atoms with Gasteiger partial charge in [-0.15, -0.1) is 0 Å². The summed E-state index contributed by atoms with van der Waals surface area (Å²) >= 11 is 0. The van der Waals surface area contributed by atoms with E-state index >= 15 is 0 Å². The van der Waals surface area contributed by atoms with Crippen molar-refractivity contribution in [1.82, 2.24) is 0 Å². The molecule has 1 fully saturated rings. The summed E-state index contributed by atoms with van der Waals surface area (Å²) in [6.45, 7) is 4.49. The Morgan fingerprint density at radius 3 is 2.85 bits per heavy atom.